The smallest absolute Gasteiger partial charge is 0.235 e. The number of hydrogen-bond acceptors (Lipinski definition) is 4. The summed E-state index contributed by atoms with van der Waals surface area (Å²) in [6, 6.07) is 0.314. The summed E-state index contributed by atoms with van der Waals surface area (Å²) in [6.45, 7) is 3.66. The lowest BCUT2D eigenvalue weighted by Crippen LogP contribution is -2.43. The van der Waals surface area contributed by atoms with E-state index >= 15 is 0 Å². The molecule has 0 atom stereocenters. The number of nitrogens with one attached hydrogen (secondary N) is 1. The lowest BCUT2D eigenvalue weighted by atomic mass is 9.92. The lowest BCUT2D eigenvalue weighted by Gasteiger charge is -2.26. The van der Waals surface area contributed by atoms with Crippen LogP contribution in [0, 0.1) is 5.92 Å². The minimum atomic E-state index is -3.28. The van der Waals surface area contributed by atoms with Gasteiger partial charge in [0.25, 0.3) is 0 Å². The van der Waals surface area contributed by atoms with Crippen molar-refractivity contribution in [2.45, 2.75) is 51.6 Å². The van der Waals surface area contributed by atoms with Crippen LogP contribution in [0.3, 0.4) is 0 Å². The second-order valence-electron chi connectivity index (χ2n) is 5.63. The Kier molecular flexibility index (Phi) is 7.93. The molecule has 1 amide bonds. The van der Waals surface area contributed by atoms with Crippen LogP contribution in [0.2, 0.25) is 0 Å². The highest BCUT2D eigenvalue weighted by Gasteiger charge is 2.23. The van der Waals surface area contributed by atoms with E-state index in [0.29, 0.717) is 0 Å². The van der Waals surface area contributed by atoms with Crippen LogP contribution in [0.5, 0.6) is 0 Å². The topological polar surface area (TPSA) is 89.3 Å². The first kappa shape index (κ1) is 18.7. The van der Waals surface area contributed by atoms with Gasteiger partial charge in [-0.05, 0) is 31.6 Å². The predicted molar refractivity (Wildman–Crippen MR) is 79.1 cm³/mol. The average Bonchev–Trinajstić information content (AvgIpc) is 2.18. The zero-order valence-corrected chi connectivity index (χ0v) is 13.2. The van der Waals surface area contributed by atoms with Gasteiger partial charge in [-0.3, -0.25) is 4.79 Å². The summed E-state index contributed by atoms with van der Waals surface area (Å²) >= 11 is 0. The highest BCUT2D eigenvalue weighted by molar-refractivity contribution is 7.92. The molecule has 1 saturated carbocycles. The summed E-state index contributed by atoms with van der Waals surface area (Å²) in [4.78, 5) is 11.7. The van der Waals surface area contributed by atoms with Gasteiger partial charge in [0.05, 0.1) is 5.75 Å². The SMILES string of the molecule is CC(C)CS(=O)(=O)CC(=O)NC1CCC(N)CC1.Cl. The van der Waals surface area contributed by atoms with Gasteiger partial charge < -0.3 is 11.1 Å². The third kappa shape index (κ3) is 7.74. The molecule has 3 N–H and O–H groups in total. The summed E-state index contributed by atoms with van der Waals surface area (Å²) in [6.07, 6.45) is 3.47. The van der Waals surface area contributed by atoms with Gasteiger partial charge in [-0.25, -0.2) is 8.42 Å². The van der Waals surface area contributed by atoms with E-state index in [1.54, 1.807) is 0 Å². The van der Waals surface area contributed by atoms with Gasteiger partial charge in [0.15, 0.2) is 9.84 Å². The van der Waals surface area contributed by atoms with Crippen molar-refractivity contribution in [3.63, 3.8) is 0 Å². The maximum atomic E-state index is 11.7. The Bertz CT molecular complexity index is 376. The molecule has 0 bridgehead atoms. The number of carbonyl (C=O) groups is 1. The average molecular weight is 313 g/mol. The molecule has 0 radical (unpaired) electrons. The third-order valence-electron chi connectivity index (χ3n) is 3.08. The summed E-state index contributed by atoms with van der Waals surface area (Å²) in [5, 5.41) is 2.80. The van der Waals surface area contributed by atoms with Crippen LogP contribution in [-0.2, 0) is 14.6 Å². The van der Waals surface area contributed by atoms with Crippen molar-refractivity contribution >= 4 is 28.2 Å². The Morgan fingerprint density at radius 3 is 2.26 bits per heavy atom. The van der Waals surface area contributed by atoms with Crippen molar-refractivity contribution in [3.8, 4) is 0 Å². The van der Waals surface area contributed by atoms with Crippen molar-refractivity contribution in [1.82, 2.24) is 5.32 Å². The summed E-state index contributed by atoms with van der Waals surface area (Å²) in [5.74, 6) is -0.657. The maximum absolute atomic E-state index is 11.7. The Morgan fingerprint density at radius 2 is 1.79 bits per heavy atom. The fourth-order valence-electron chi connectivity index (χ4n) is 2.30. The number of sulfone groups is 1. The minimum absolute atomic E-state index is 0. The van der Waals surface area contributed by atoms with Crippen molar-refractivity contribution in [2.24, 2.45) is 11.7 Å². The van der Waals surface area contributed by atoms with Crippen LogP contribution in [0.4, 0.5) is 0 Å². The van der Waals surface area contributed by atoms with Gasteiger partial charge in [-0.1, -0.05) is 13.8 Å². The molecule has 5 nitrogen and oxygen atoms in total. The van der Waals surface area contributed by atoms with Crippen molar-refractivity contribution in [3.05, 3.63) is 0 Å². The molecular weight excluding hydrogens is 288 g/mol. The molecule has 0 saturated heterocycles. The van der Waals surface area contributed by atoms with Gasteiger partial charge in [0, 0.05) is 12.1 Å². The minimum Gasteiger partial charge on any atom is -0.352 e. The van der Waals surface area contributed by atoms with Crippen LogP contribution in [0.15, 0.2) is 0 Å². The Hall–Kier alpha value is -0.330. The van der Waals surface area contributed by atoms with Gasteiger partial charge in [0.2, 0.25) is 5.91 Å². The van der Waals surface area contributed by atoms with E-state index in [4.69, 9.17) is 5.73 Å². The molecule has 0 aromatic rings. The fraction of sp³-hybridized carbons (Fsp3) is 0.917. The van der Waals surface area contributed by atoms with Crippen molar-refractivity contribution in [1.29, 1.82) is 0 Å². The summed E-state index contributed by atoms with van der Waals surface area (Å²) in [5.41, 5.74) is 5.78. The molecule has 7 heteroatoms. The molecule has 1 rings (SSSR count). The van der Waals surface area contributed by atoms with E-state index in [1.165, 1.54) is 0 Å². The number of hydrogen-bond donors (Lipinski definition) is 2. The molecule has 0 aliphatic heterocycles. The highest BCUT2D eigenvalue weighted by Crippen LogP contribution is 2.16. The molecule has 19 heavy (non-hydrogen) atoms. The van der Waals surface area contributed by atoms with Crippen LogP contribution in [0.25, 0.3) is 0 Å². The van der Waals surface area contributed by atoms with Crippen molar-refractivity contribution < 1.29 is 13.2 Å². The van der Waals surface area contributed by atoms with Gasteiger partial charge in [-0.2, -0.15) is 0 Å². The van der Waals surface area contributed by atoms with E-state index in [9.17, 15) is 13.2 Å². The van der Waals surface area contributed by atoms with Crippen LogP contribution < -0.4 is 11.1 Å². The number of amides is 1. The van der Waals surface area contributed by atoms with Crippen LogP contribution in [0.1, 0.15) is 39.5 Å². The molecule has 1 aliphatic carbocycles. The molecular formula is C12H25ClN2O3S. The standard InChI is InChI=1S/C12H24N2O3S.ClH/c1-9(2)7-18(16,17)8-12(15)14-11-5-3-10(13)4-6-11;/h9-11H,3-8,13H2,1-2H3,(H,14,15);1H. The summed E-state index contributed by atoms with van der Waals surface area (Å²) in [7, 11) is -3.28. The molecule has 0 aromatic carbocycles. The first-order chi connectivity index (χ1) is 8.28. The van der Waals surface area contributed by atoms with Crippen LogP contribution in [-0.4, -0.2) is 37.9 Å². The quantitative estimate of drug-likeness (QED) is 0.788. The number of nitrogens with two attached hydrogens (primary N) is 1. The van der Waals surface area contributed by atoms with Crippen LogP contribution >= 0.6 is 12.4 Å². The Labute approximate surface area is 122 Å². The molecule has 0 spiro atoms. The van der Waals surface area contributed by atoms with E-state index in [1.807, 2.05) is 13.8 Å². The first-order valence-electron chi connectivity index (χ1n) is 6.54. The van der Waals surface area contributed by atoms with Gasteiger partial charge in [0.1, 0.15) is 5.75 Å². The molecule has 0 aromatic heterocycles. The molecule has 114 valence electrons. The predicted octanol–water partition coefficient (Wildman–Crippen LogP) is 0.865. The second-order valence-corrected chi connectivity index (χ2v) is 7.74. The molecule has 0 heterocycles. The number of halogens is 1. The van der Waals surface area contributed by atoms with E-state index in [0.717, 1.165) is 25.7 Å². The summed E-state index contributed by atoms with van der Waals surface area (Å²) < 4.78 is 23.3. The molecule has 0 unspecified atom stereocenters. The monoisotopic (exact) mass is 312 g/mol. The third-order valence-corrected chi connectivity index (χ3v) is 4.95. The zero-order chi connectivity index (χ0) is 13.8. The zero-order valence-electron chi connectivity index (χ0n) is 11.6. The fourth-order valence-corrected chi connectivity index (χ4v) is 3.92. The number of rotatable bonds is 5. The van der Waals surface area contributed by atoms with Gasteiger partial charge >= 0.3 is 0 Å². The first-order valence-corrected chi connectivity index (χ1v) is 8.36. The van der Waals surface area contributed by atoms with E-state index in [-0.39, 0.29) is 42.1 Å². The maximum Gasteiger partial charge on any atom is 0.235 e. The molecule has 1 aliphatic rings. The number of carbonyl (C=O) groups excluding carboxylic acids is 1. The lowest BCUT2D eigenvalue weighted by molar-refractivity contribution is -0.119. The van der Waals surface area contributed by atoms with Gasteiger partial charge in [-0.15, -0.1) is 12.4 Å². The Balaban J connectivity index is 0.00000324. The molecule has 1 fully saturated rings. The second kappa shape index (κ2) is 8.07. The normalized spacial score (nSPS) is 23.8. The Morgan fingerprint density at radius 1 is 1.26 bits per heavy atom. The highest BCUT2D eigenvalue weighted by atomic mass is 35.5. The van der Waals surface area contributed by atoms with E-state index < -0.39 is 15.6 Å². The van der Waals surface area contributed by atoms with E-state index in [2.05, 4.69) is 5.32 Å². The van der Waals surface area contributed by atoms with Crippen molar-refractivity contribution in [2.75, 3.05) is 11.5 Å². The largest absolute Gasteiger partial charge is 0.352 e.